The summed E-state index contributed by atoms with van der Waals surface area (Å²) in [4.78, 5) is 0. The summed E-state index contributed by atoms with van der Waals surface area (Å²) < 4.78 is 0. The van der Waals surface area contributed by atoms with E-state index < -0.39 is 48.4 Å². The fourth-order valence-corrected chi connectivity index (χ4v) is 25.9. The molecule has 0 bridgehead atoms. The summed E-state index contributed by atoms with van der Waals surface area (Å²) in [5.41, 5.74) is 15.6. The molecular weight excluding hydrogens is 1470 g/mol. The van der Waals surface area contributed by atoms with Crippen molar-refractivity contribution < 1.29 is 0 Å². The van der Waals surface area contributed by atoms with Gasteiger partial charge in [-0.05, 0) is 182 Å². The van der Waals surface area contributed by atoms with E-state index in [2.05, 4.69) is 445 Å². The van der Waals surface area contributed by atoms with Gasteiger partial charge in [-0.2, -0.15) is 0 Å². The second-order valence-corrected chi connectivity index (χ2v) is 68.4. The molecule has 564 valence electrons. The first-order valence-corrected chi connectivity index (χ1v) is 62.1. The van der Waals surface area contributed by atoms with Gasteiger partial charge in [-0.15, -0.1) is 0 Å². The van der Waals surface area contributed by atoms with Crippen molar-refractivity contribution in [3.8, 4) is 66.8 Å². The van der Waals surface area contributed by atoms with Gasteiger partial charge < -0.3 is 0 Å². The predicted octanol–water partition coefficient (Wildman–Crippen LogP) is 28.7. The van der Waals surface area contributed by atoms with Gasteiger partial charge >= 0.3 is 0 Å². The Hall–Kier alpha value is -10.4. The van der Waals surface area contributed by atoms with Crippen LogP contribution in [-0.2, 0) is 0 Å². The fraction of sp³-hybridized carbons (Fsp3) is 0.167. The first-order valence-electron chi connectivity index (χ1n) is 41.1. The van der Waals surface area contributed by atoms with Crippen molar-refractivity contribution in [1.82, 2.24) is 0 Å². The zero-order chi connectivity index (χ0) is 80.0. The van der Waals surface area contributed by atoms with E-state index in [-0.39, 0.29) is 0 Å². The van der Waals surface area contributed by atoms with Crippen LogP contribution in [0, 0.1) is 0 Å². The van der Waals surface area contributed by atoms with E-state index >= 15 is 0 Å². The molecule has 0 atom stereocenters. The smallest absolute Gasteiger partial charge is 0.0656 e. The molecule has 0 radical (unpaired) electrons. The monoisotopic (exact) mass is 1570 g/mol. The van der Waals surface area contributed by atoms with Crippen molar-refractivity contribution in [2.75, 3.05) is 0 Å². The molecule has 0 aliphatic carbocycles. The standard InChI is InChI=1S/3C36H36Si2/c1-37(2,3)35-23-21-31(29-13-7-9-15-33(29)35)27-19-11-18-26-25(27)17-12-20-28(26)32-22-24-36(38(4,5)6)34-16-10-8-14-30(32)34;1-37(2,3)31-19-17-25-21-29(15-13-27(25)23-31)33-9-7-12-36-34(10-8-11-35(33)36)30-16-14-28-24-32(38(4,5)6)20-18-26(28)22-30;1-37(2,3)28-20-19-25-23-27(18-17-26(25)24-28)29-13-9-15-31-30(29)14-10-16-32(31)34-21-22-36(38(4,5)6)35-12-8-7-11-33(34)35/h3*7-24H,1-6H3. The number of hydrogen-bond donors (Lipinski definition) is 0. The average molecular weight is 1570 g/mol. The summed E-state index contributed by atoms with van der Waals surface area (Å²) in [6.07, 6.45) is 0. The van der Waals surface area contributed by atoms with E-state index in [0.717, 1.165) is 0 Å². The molecular formula is C108H108Si6. The van der Waals surface area contributed by atoms with Crippen molar-refractivity contribution in [2.45, 2.75) is 118 Å². The number of hydrogen-bond acceptors (Lipinski definition) is 0. The molecule has 0 heterocycles. The third-order valence-electron chi connectivity index (χ3n) is 23.9. The summed E-state index contributed by atoms with van der Waals surface area (Å²) in [6.45, 7) is 43.7. The van der Waals surface area contributed by atoms with Crippen LogP contribution in [0.15, 0.2) is 328 Å². The Morgan fingerprint density at radius 1 is 0.132 bits per heavy atom. The maximum atomic E-state index is 2.44. The second kappa shape index (κ2) is 30.1. The Morgan fingerprint density at radius 3 is 0.553 bits per heavy atom. The van der Waals surface area contributed by atoms with Crippen molar-refractivity contribution in [1.29, 1.82) is 0 Å². The zero-order valence-electron chi connectivity index (χ0n) is 70.2. The number of fused-ring (bicyclic) bond motifs is 9. The van der Waals surface area contributed by atoms with Crippen LogP contribution in [0.3, 0.4) is 0 Å². The molecule has 0 aliphatic rings. The molecule has 0 amide bonds. The highest BCUT2D eigenvalue weighted by molar-refractivity contribution is 6.92. The van der Waals surface area contributed by atoms with E-state index in [9.17, 15) is 0 Å². The molecule has 0 aliphatic heterocycles. The average Bonchev–Trinajstić information content (AvgIpc) is 0.751. The summed E-state index contributed by atoms with van der Waals surface area (Å²) in [5, 5.41) is 33.2. The van der Waals surface area contributed by atoms with Crippen LogP contribution in [0.4, 0.5) is 0 Å². The maximum Gasteiger partial charge on any atom is 0.0784 e. The number of rotatable bonds is 12. The lowest BCUT2D eigenvalue weighted by Crippen LogP contribution is -2.38. The zero-order valence-corrected chi connectivity index (χ0v) is 76.2. The van der Waals surface area contributed by atoms with Crippen LogP contribution in [-0.4, -0.2) is 48.4 Å². The number of benzene rings is 18. The first-order chi connectivity index (χ1) is 54.3. The van der Waals surface area contributed by atoms with Gasteiger partial charge in [0.05, 0.1) is 48.4 Å². The Labute approximate surface area is 683 Å². The van der Waals surface area contributed by atoms with E-state index in [0.29, 0.717) is 0 Å². The summed E-state index contributed by atoms with van der Waals surface area (Å²) in [6, 6.07) is 124. The fourth-order valence-electron chi connectivity index (χ4n) is 17.6. The minimum Gasteiger partial charge on any atom is -0.0656 e. The third kappa shape index (κ3) is 15.3. The highest BCUT2D eigenvalue weighted by Gasteiger charge is 2.27. The second-order valence-electron chi connectivity index (χ2n) is 38.1. The van der Waals surface area contributed by atoms with Crippen LogP contribution in [0.1, 0.15) is 0 Å². The molecule has 0 nitrogen and oxygen atoms in total. The molecule has 18 rings (SSSR count). The van der Waals surface area contributed by atoms with Gasteiger partial charge in [-0.25, -0.2) is 0 Å². The summed E-state index contributed by atoms with van der Waals surface area (Å²) in [7, 11) is -8.40. The maximum absolute atomic E-state index is 2.44. The normalized spacial score (nSPS) is 12.5. The molecule has 0 spiro atoms. The highest BCUT2D eigenvalue weighted by atomic mass is 28.3. The van der Waals surface area contributed by atoms with Crippen LogP contribution in [0.2, 0.25) is 118 Å². The van der Waals surface area contributed by atoms with Crippen molar-refractivity contribution in [2.24, 2.45) is 0 Å². The van der Waals surface area contributed by atoms with Gasteiger partial charge in [0.25, 0.3) is 0 Å². The van der Waals surface area contributed by atoms with Gasteiger partial charge in [0, 0.05) is 0 Å². The van der Waals surface area contributed by atoms with E-state index in [1.54, 1.807) is 0 Å². The van der Waals surface area contributed by atoms with E-state index in [4.69, 9.17) is 0 Å². The van der Waals surface area contributed by atoms with Crippen molar-refractivity contribution in [3.63, 3.8) is 0 Å². The molecule has 114 heavy (non-hydrogen) atoms. The quantitative estimate of drug-likeness (QED) is 0.107. The highest BCUT2D eigenvalue weighted by Crippen LogP contribution is 2.43. The summed E-state index contributed by atoms with van der Waals surface area (Å²) >= 11 is 0. The molecule has 0 saturated heterocycles. The van der Waals surface area contributed by atoms with Gasteiger partial charge in [-0.1, -0.05) is 458 Å². The van der Waals surface area contributed by atoms with Crippen molar-refractivity contribution in [3.05, 3.63) is 328 Å². The third-order valence-corrected chi connectivity index (χ3v) is 36.2. The Bertz CT molecular complexity index is 6520. The molecule has 0 saturated carbocycles. The molecule has 0 N–H and O–H groups in total. The van der Waals surface area contributed by atoms with Gasteiger partial charge in [0.1, 0.15) is 0 Å². The molecule has 18 aromatic rings. The van der Waals surface area contributed by atoms with Gasteiger partial charge in [0.2, 0.25) is 0 Å². The molecule has 0 fully saturated rings. The molecule has 0 unspecified atom stereocenters. The van der Waals surface area contributed by atoms with Crippen LogP contribution in [0.25, 0.3) is 164 Å². The molecule has 0 aromatic heterocycles. The van der Waals surface area contributed by atoms with Crippen LogP contribution in [0.5, 0.6) is 0 Å². The first kappa shape index (κ1) is 77.5. The lowest BCUT2D eigenvalue weighted by Gasteiger charge is -2.22. The predicted molar refractivity (Wildman–Crippen MR) is 527 cm³/mol. The topological polar surface area (TPSA) is 0 Å². The van der Waals surface area contributed by atoms with E-state index in [1.807, 2.05) is 0 Å². The minimum absolute atomic E-state index is 1.28. The van der Waals surface area contributed by atoms with Crippen LogP contribution >= 0.6 is 0 Å². The Balaban J connectivity index is 0.000000129. The molecule has 6 heteroatoms. The lowest BCUT2D eigenvalue weighted by atomic mass is 9.89. The SMILES string of the molecule is C[Si](C)(C)c1ccc(-c2cccc3c(-c4ccc([Si](C)(C)C)c5ccccc45)cccc23)c2ccccc12.C[Si](C)(C)c1ccc2cc(-c3cccc4c(-c5ccc([Si](C)(C)C)c6ccccc56)cccc34)ccc2c1.C[Si](C)(C)c1ccc2cc(-c3cccc4c(-c5ccc6cc([Si](C)(C)C)ccc6c5)cccc34)ccc2c1. The van der Waals surface area contributed by atoms with E-state index in [1.165, 1.54) is 195 Å². The largest absolute Gasteiger partial charge is 0.0784 e. The Kier molecular flexibility index (Phi) is 20.5. The molecule has 18 aromatic carbocycles. The van der Waals surface area contributed by atoms with Gasteiger partial charge in [0.15, 0.2) is 0 Å². The minimum atomic E-state index is -1.47. The Morgan fingerprint density at radius 2 is 0.316 bits per heavy atom. The van der Waals surface area contributed by atoms with Crippen LogP contribution < -0.4 is 31.1 Å². The van der Waals surface area contributed by atoms with Gasteiger partial charge in [-0.3, -0.25) is 0 Å². The lowest BCUT2D eigenvalue weighted by molar-refractivity contribution is 1.65. The van der Waals surface area contributed by atoms with Crippen molar-refractivity contribution >= 4 is 177 Å². The summed E-state index contributed by atoms with van der Waals surface area (Å²) in [5.74, 6) is 0.